The Kier molecular flexibility index (Phi) is 8.54. The van der Waals surface area contributed by atoms with E-state index in [0.29, 0.717) is 30.5 Å². The molecule has 1 fully saturated rings. The SMILES string of the molecule is CC(C)c1cc(NC(=O)NC2CCC(Oc3ccc4nnc(N5CCCCC5C)n4c3)c3ccccc32)n(-c2cnn(CCO)c2)n1. The van der Waals surface area contributed by atoms with Crippen LogP contribution in [0, 0.1) is 0 Å². The fraction of sp³-hybridized carbons (Fsp3) is 0.441. The summed E-state index contributed by atoms with van der Waals surface area (Å²) < 4.78 is 12.0. The molecule has 1 aliphatic heterocycles. The number of aromatic nitrogens is 7. The summed E-state index contributed by atoms with van der Waals surface area (Å²) in [5.41, 5.74) is 4.44. The molecular weight excluding hydrogens is 596 g/mol. The number of aliphatic hydroxyl groups is 1. The minimum Gasteiger partial charge on any atom is -0.484 e. The summed E-state index contributed by atoms with van der Waals surface area (Å²) in [5.74, 6) is 2.32. The fourth-order valence-electron chi connectivity index (χ4n) is 6.67. The van der Waals surface area contributed by atoms with E-state index in [9.17, 15) is 9.90 Å². The van der Waals surface area contributed by atoms with E-state index >= 15 is 0 Å². The van der Waals surface area contributed by atoms with Crippen LogP contribution in [0.5, 0.6) is 5.75 Å². The molecule has 1 saturated heterocycles. The van der Waals surface area contributed by atoms with Gasteiger partial charge in [-0.2, -0.15) is 10.2 Å². The lowest BCUT2D eigenvalue weighted by Crippen LogP contribution is -2.38. The van der Waals surface area contributed by atoms with Crippen LogP contribution < -0.4 is 20.3 Å². The lowest BCUT2D eigenvalue weighted by Gasteiger charge is -2.33. The van der Waals surface area contributed by atoms with Crippen molar-refractivity contribution in [2.45, 2.75) is 83.5 Å². The Labute approximate surface area is 273 Å². The van der Waals surface area contributed by atoms with E-state index in [1.165, 1.54) is 6.42 Å². The van der Waals surface area contributed by atoms with Crippen LogP contribution in [0.15, 0.2) is 61.1 Å². The van der Waals surface area contributed by atoms with Crippen molar-refractivity contribution in [3.8, 4) is 11.4 Å². The highest BCUT2D eigenvalue weighted by Crippen LogP contribution is 2.39. The maximum atomic E-state index is 13.5. The quantitative estimate of drug-likeness (QED) is 0.196. The number of fused-ring (bicyclic) bond motifs is 2. The number of benzene rings is 1. The van der Waals surface area contributed by atoms with Crippen molar-refractivity contribution in [1.82, 2.24) is 39.5 Å². The van der Waals surface area contributed by atoms with Crippen LogP contribution in [-0.2, 0) is 6.54 Å². The highest BCUT2D eigenvalue weighted by molar-refractivity contribution is 5.89. The summed E-state index contributed by atoms with van der Waals surface area (Å²) in [7, 11) is 0. The van der Waals surface area contributed by atoms with Gasteiger partial charge in [0.05, 0.1) is 43.5 Å². The number of carbonyl (C=O) groups excluding carboxylic acids is 1. The summed E-state index contributed by atoms with van der Waals surface area (Å²) in [6.45, 7) is 7.69. The number of amides is 2. The molecule has 0 bridgehead atoms. The number of ether oxygens (including phenoxy) is 1. The van der Waals surface area contributed by atoms with Crippen molar-refractivity contribution < 1.29 is 14.6 Å². The number of carbonyl (C=O) groups is 1. The minimum absolute atomic E-state index is 0.0178. The second kappa shape index (κ2) is 13.1. The van der Waals surface area contributed by atoms with Crippen molar-refractivity contribution in [3.05, 3.63) is 77.9 Å². The Morgan fingerprint density at radius 2 is 1.91 bits per heavy atom. The van der Waals surface area contributed by atoms with Crippen molar-refractivity contribution in [1.29, 1.82) is 0 Å². The van der Waals surface area contributed by atoms with Crippen LogP contribution in [0.3, 0.4) is 0 Å². The molecule has 246 valence electrons. The molecule has 3 N–H and O–H groups in total. The molecule has 0 radical (unpaired) electrons. The van der Waals surface area contributed by atoms with Crippen LogP contribution in [-0.4, -0.2) is 64.5 Å². The summed E-state index contributed by atoms with van der Waals surface area (Å²) in [5, 5.41) is 33.5. The smallest absolute Gasteiger partial charge is 0.320 e. The summed E-state index contributed by atoms with van der Waals surface area (Å²) >= 11 is 0. The average Bonchev–Trinajstić information content (AvgIpc) is 3.81. The second-order valence-corrected chi connectivity index (χ2v) is 12.8. The molecule has 47 heavy (non-hydrogen) atoms. The minimum atomic E-state index is -0.319. The molecule has 3 unspecified atom stereocenters. The Morgan fingerprint density at radius 1 is 1.06 bits per heavy atom. The predicted octanol–water partition coefficient (Wildman–Crippen LogP) is 5.38. The molecule has 4 aromatic heterocycles. The second-order valence-electron chi connectivity index (χ2n) is 12.8. The molecular formula is C34H42N10O3. The number of pyridine rings is 1. The first-order valence-corrected chi connectivity index (χ1v) is 16.6. The van der Waals surface area contributed by atoms with Gasteiger partial charge in [0.1, 0.15) is 23.4 Å². The highest BCUT2D eigenvalue weighted by Gasteiger charge is 2.30. The first-order valence-electron chi connectivity index (χ1n) is 16.6. The Bertz CT molecular complexity index is 1860. The fourth-order valence-corrected chi connectivity index (χ4v) is 6.67. The number of aliphatic hydroxyl groups excluding tert-OH is 1. The van der Waals surface area contributed by atoms with Crippen molar-refractivity contribution in [2.24, 2.45) is 0 Å². The number of urea groups is 1. The maximum absolute atomic E-state index is 13.5. The third-order valence-electron chi connectivity index (χ3n) is 9.19. The van der Waals surface area contributed by atoms with E-state index in [-0.39, 0.29) is 30.7 Å². The molecule has 7 rings (SSSR count). The maximum Gasteiger partial charge on any atom is 0.320 e. The van der Waals surface area contributed by atoms with E-state index < -0.39 is 0 Å². The van der Waals surface area contributed by atoms with Crippen LogP contribution >= 0.6 is 0 Å². The number of rotatable bonds is 9. The van der Waals surface area contributed by atoms with E-state index in [0.717, 1.165) is 60.0 Å². The lowest BCUT2D eigenvalue weighted by atomic mass is 9.85. The van der Waals surface area contributed by atoms with Gasteiger partial charge in [0.2, 0.25) is 5.95 Å². The third-order valence-corrected chi connectivity index (χ3v) is 9.19. The van der Waals surface area contributed by atoms with E-state index in [1.807, 2.05) is 40.9 Å². The molecule has 13 heteroatoms. The Morgan fingerprint density at radius 3 is 2.72 bits per heavy atom. The van der Waals surface area contributed by atoms with Gasteiger partial charge in [-0.25, -0.2) is 9.48 Å². The van der Waals surface area contributed by atoms with Gasteiger partial charge in [-0.1, -0.05) is 38.1 Å². The van der Waals surface area contributed by atoms with Crippen molar-refractivity contribution in [2.75, 3.05) is 23.4 Å². The van der Waals surface area contributed by atoms with E-state index in [2.05, 4.69) is 63.7 Å². The molecule has 5 heterocycles. The summed E-state index contributed by atoms with van der Waals surface area (Å²) in [4.78, 5) is 15.8. The zero-order valence-corrected chi connectivity index (χ0v) is 27.1. The summed E-state index contributed by atoms with van der Waals surface area (Å²) in [6.07, 6.45) is 10.3. The number of hydrogen-bond donors (Lipinski definition) is 3. The number of hydrogen-bond acceptors (Lipinski definition) is 8. The van der Waals surface area contributed by atoms with Gasteiger partial charge in [0.25, 0.3) is 0 Å². The monoisotopic (exact) mass is 638 g/mol. The van der Waals surface area contributed by atoms with Crippen LogP contribution in [0.2, 0.25) is 0 Å². The predicted molar refractivity (Wildman–Crippen MR) is 178 cm³/mol. The molecule has 0 saturated carbocycles. The van der Waals surface area contributed by atoms with Crippen LogP contribution in [0.4, 0.5) is 16.6 Å². The van der Waals surface area contributed by atoms with Crippen molar-refractivity contribution >= 4 is 23.4 Å². The average molecular weight is 639 g/mol. The first-order chi connectivity index (χ1) is 22.9. The van der Waals surface area contributed by atoms with Gasteiger partial charge in [-0.15, -0.1) is 10.2 Å². The largest absolute Gasteiger partial charge is 0.484 e. The number of piperidine rings is 1. The lowest BCUT2D eigenvalue weighted by molar-refractivity contribution is 0.171. The Balaban J connectivity index is 1.07. The molecule has 5 aromatic rings. The number of nitrogens with zero attached hydrogens (tertiary/aromatic N) is 8. The molecule has 1 aromatic carbocycles. The summed E-state index contributed by atoms with van der Waals surface area (Å²) in [6, 6.07) is 13.9. The molecule has 2 amide bonds. The van der Waals surface area contributed by atoms with Crippen molar-refractivity contribution in [3.63, 3.8) is 0 Å². The Hall–Kier alpha value is -4.91. The van der Waals surface area contributed by atoms with E-state index in [4.69, 9.17) is 9.84 Å². The van der Waals surface area contributed by atoms with Gasteiger partial charge in [0, 0.05) is 18.7 Å². The highest BCUT2D eigenvalue weighted by atomic mass is 16.5. The molecule has 2 aliphatic rings. The van der Waals surface area contributed by atoms with Gasteiger partial charge >= 0.3 is 6.03 Å². The molecule has 3 atom stereocenters. The third kappa shape index (κ3) is 6.27. The standard InChI is InChI=1S/C34H42N10O3/c1-22(2)29-18-32(44(40-29)24-19-35-41(20-24)16-17-45)37-33(46)36-28-12-13-30(27-10-5-4-9-26(27)28)47-25-11-14-31-38-39-34(43(31)21-25)42-15-7-6-8-23(42)3/h4-5,9-11,14,18-23,28,30,45H,6-8,12-13,15-17H2,1-3H3,(H2,36,37,46). The van der Waals surface area contributed by atoms with Gasteiger partial charge in [0.15, 0.2) is 5.65 Å². The number of anilines is 2. The van der Waals surface area contributed by atoms with Gasteiger partial charge in [-0.3, -0.25) is 14.4 Å². The molecule has 0 spiro atoms. The molecule has 13 nitrogen and oxygen atoms in total. The molecule has 1 aliphatic carbocycles. The normalized spacial score (nSPS) is 19.6. The number of nitrogens with one attached hydrogen (secondary N) is 2. The topological polar surface area (TPSA) is 140 Å². The van der Waals surface area contributed by atoms with Gasteiger partial charge < -0.3 is 20.1 Å². The van der Waals surface area contributed by atoms with Gasteiger partial charge in [-0.05, 0) is 68.2 Å². The van der Waals surface area contributed by atoms with E-state index in [1.54, 1.807) is 21.8 Å². The zero-order valence-electron chi connectivity index (χ0n) is 27.1. The van der Waals surface area contributed by atoms with Crippen LogP contribution in [0.1, 0.15) is 87.8 Å². The zero-order chi connectivity index (χ0) is 32.5. The van der Waals surface area contributed by atoms with Crippen LogP contribution in [0.25, 0.3) is 11.3 Å². The first kappa shape index (κ1) is 30.7.